The van der Waals surface area contributed by atoms with E-state index in [2.05, 4.69) is 30.5 Å². The van der Waals surface area contributed by atoms with E-state index in [-0.39, 0.29) is 18.0 Å². The van der Waals surface area contributed by atoms with Crippen molar-refractivity contribution in [1.29, 1.82) is 0 Å². The van der Waals surface area contributed by atoms with Gasteiger partial charge >= 0.3 is 0 Å². The van der Waals surface area contributed by atoms with E-state index < -0.39 is 0 Å². The summed E-state index contributed by atoms with van der Waals surface area (Å²) in [6.45, 7) is 3.79. The number of rotatable bonds is 7. The highest BCUT2D eigenvalue weighted by atomic mass is 16.5. The van der Waals surface area contributed by atoms with Gasteiger partial charge < -0.3 is 20.3 Å². The number of amides is 1. The van der Waals surface area contributed by atoms with Crippen molar-refractivity contribution in [2.24, 2.45) is 0 Å². The zero-order valence-electron chi connectivity index (χ0n) is 16.5. The van der Waals surface area contributed by atoms with E-state index in [9.17, 15) is 9.59 Å². The highest BCUT2D eigenvalue weighted by molar-refractivity contribution is 5.78. The molecule has 0 saturated carbocycles. The number of fused-ring (bicyclic) bond motifs is 1. The predicted octanol–water partition coefficient (Wildman–Crippen LogP) is 0.251. The summed E-state index contributed by atoms with van der Waals surface area (Å²) in [5.74, 6) is 1.28. The van der Waals surface area contributed by atoms with E-state index >= 15 is 0 Å². The highest BCUT2D eigenvalue weighted by Crippen LogP contribution is 2.15. The van der Waals surface area contributed by atoms with Crippen LogP contribution in [0.4, 0.5) is 11.6 Å². The second-order valence-corrected chi connectivity index (χ2v) is 6.83. The zero-order valence-corrected chi connectivity index (χ0v) is 16.5. The molecule has 30 heavy (non-hydrogen) atoms. The van der Waals surface area contributed by atoms with Crippen LogP contribution in [0.5, 0.6) is 0 Å². The van der Waals surface area contributed by atoms with Crippen LogP contribution in [0.25, 0.3) is 10.9 Å². The molecule has 1 aromatic carbocycles. The van der Waals surface area contributed by atoms with E-state index in [1.54, 1.807) is 18.2 Å². The van der Waals surface area contributed by atoms with Crippen molar-refractivity contribution in [3.8, 4) is 0 Å². The Morgan fingerprint density at radius 1 is 1.10 bits per heavy atom. The maximum absolute atomic E-state index is 12.4. The van der Waals surface area contributed by atoms with Gasteiger partial charge in [-0.05, 0) is 12.1 Å². The quantitative estimate of drug-likeness (QED) is 0.534. The first-order valence-corrected chi connectivity index (χ1v) is 9.80. The molecular weight excluding hydrogens is 386 g/mol. The number of hydrogen-bond donors (Lipinski definition) is 2. The molecule has 1 aliphatic rings. The van der Waals surface area contributed by atoms with Crippen LogP contribution >= 0.6 is 0 Å². The molecule has 0 radical (unpaired) electrons. The van der Waals surface area contributed by atoms with Crippen LogP contribution in [0.3, 0.4) is 0 Å². The van der Waals surface area contributed by atoms with Crippen LogP contribution in [0.2, 0.25) is 0 Å². The fourth-order valence-corrected chi connectivity index (χ4v) is 3.23. The van der Waals surface area contributed by atoms with E-state index in [1.165, 1.54) is 17.2 Å². The monoisotopic (exact) mass is 409 g/mol. The van der Waals surface area contributed by atoms with Gasteiger partial charge in [0.05, 0.1) is 30.4 Å². The Balaban J connectivity index is 1.26. The van der Waals surface area contributed by atoms with Crippen molar-refractivity contribution in [3.63, 3.8) is 0 Å². The van der Waals surface area contributed by atoms with Crippen molar-refractivity contribution in [1.82, 2.24) is 24.8 Å². The lowest BCUT2D eigenvalue weighted by molar-refractivity contribution is -0.121. The number of nitrogens with zero attached hydrogens (tertiary/aromatic N) is 5. The lowest BCUT2D eigenvalue weighted by Gasteiger charge is -2.27. The molecule has 2 aromatic heterocycles. The summed E-state index contributed by atoms with van der Waals surface area (Å²) < 4.78 is 6.67. The summed E-state index contributed by atoms with van der Waals surface area (Å²) in [5, 5.41) is 6.46. The molecule has 2 N–H and O–H groups in total. The van der Waals surface area contributed by atoms with Crippen molar-refractivity contribution in [2.75, 3.05) is 49.6 Å². The fraction of sp³-hybridized carbons (Fsp3) is 0.350. The van der Waals surface area contributed by atoms with Crippen molar-refractivity contribution < 1.29 is 9.53 Å². The second-order valence-electron chi connectivity index (χ2n) is 6.83. The molecule has 0 aliphatic carbocycles. The first-order chi connectivity index (χ1) is 14.7. The average molecular weight is 409 g/mol. The molecule has 10 nitrogen and oxygen atoms in total. The first kappa shape index (κ1) is 19.8. The van der Waals surface area contributed by atoms with E-state index in [0.29, 0.717) is 43.0 Å². The molecule has 1 amide bonds. The normalized spacial score (nSPS) is 13.9. The van der Waals surface area contributed by atoms with Gasteiger partial charge in [-0.2, -0.15) is 0 Å². The lowest BCUT2D eigenvalue weighted by Crippen LogP contribution is -2.37. The minimum absolute atomic E-state index is 0.0780. The van der Waals surface area contributed by atoms with E-state index in [1.807, 2.05) is 12.1 Å². The van der Waals surface area contributed by atoms with Crippen molar-refractivity contribution in [3.05, 3.63) is 53.3 Å². The Labute approximate surface area is 172 Å². The molecule has 0 unspecified atom stereocenters. The van der Waals surface area contributed by atoms with Crippen LogP contribution in [0, 0.1) is 0 Å². The summed E-state index contributed by atoms with van der Waals surface area (Å²) in [5.41, 5.74) is 0.384. The summed E-state index contributed by atoms with van der Waals surface area (Å²) >= 11 is 0. The fourth-order valence-electron chi connectivity index (χ4n) is 3.23. The second kappa shape index (κ2) is 9.31. The molecule has 3 aromatic rings. The third-order valence-electron chi connectivity index (χ3n) is 4.79. The standard InChI is InChI=1S/C20H23N7O3/c28-19(12-27-14-25-16-4-2-1-3-15(16)20(27)29)22-6-5-21-17-11-18(24-13-23-17)26-7-9-30-10-8-26/h1-4,11,13-14H,5-10,12H2,(H,22,28)(H,21,23,24). The maximum atomic E-state index is 12.4. The number of ether oxygens (including phenoxy) is 1. The SMILES string of the molecule is O=C(Cn1cnc2ccccc2c1=O)NCCNc1cc(N2CCOCC2)ncn1. The molecular formula is C20H23N7O3. The van der Waals surface area contributed by atoms with Gasteiger partial charge in [-0.15, -0.1) is 0 Å². The number of para-hydroxylation sites is 1. The van der Waals surface area contributed by atoms with E-state index in [4.69, 9.17) is 4.74 Å². The van der Waals surface area contributed by atoms with Crippen LogP contribution in [0.1, 0.15) is 0 Å². The topological polar surface area (TPSA) is 114 Å². The number of aromatic nitrogens is 4. The van der Waals surface area contributed by atoms with Gasteiger partial charge in [-0.3, -0.25) is 14.2 Å². The highest BCUT2D eigenvalue weighted by Gasteiger charge is 2.13. The van der Waals surface area contributed by atoms with Gasteiger partial charge in [-0.1, -0.05) is 12.1 Å². The van der Waals surface area contributed by atoms with Crippen LogP contribution in [0.15, 0.2) is 47.8 Å². The molecule has 156 valence electrons. The lowest BCUT2D eigenvalue weighted by atomic mass is 10.2. The molecule has 1 aliphatic heterocycles. The molecule has 0 atom stereocenters. The first-order valence-electron chi connectivity index (χ1n) is 9.80. The summed E-state index contributed by atoms with van der Waals surface area (Å²) in [6.07, 6.45) is 2.92. The molecule has 3 heterocycles. The molecule has 1 saturated heterocycles. The van der Waals surface area contributed by atoms with Crippen molar-refractivity contribution >= 4 is 28.4 Å². The number of carbonyl (C=O) groups excluding carboxylic acids is 1. The maximum Gasteiger partial charge on any atom is 0.261 e. The molecule has 10 heteroatoms. The minimum Gasteiger partial charge on any atom is -0.378 e. The van der Waals surface area contributed by atoms with Gasteiger partial charge in [-0.25, -0.2) is 15.0 Å². The Bertz CT molecular complexity index is 1080. The largest absolute Gasteiger partial charge is 0.378 e. The Morgan fingerprint density at radius 2 is 1.93 bits per heavy atom. The van der Waals surface area contributed by atoms with Gasteiger partial charge in [0.1, 0.15) is 24.5 Å². The molecule has 1 fully saturated rings. The number of morpholine rings is 1. The Hall–Kier alpha value is -3.53. The zero-order chi connectivity index (χ0) is 20.8. The Morgan fingerprint density at radius 3 is 2.80 bits per heavy atom. The van der Waals surface area contributed by atoms with Crippen LogP contribution in [-0.2, 0) is 16.1 Å². The summed E-state index contributed by atoms with van der Waals surface area (Å²) in [6, 6.07) is 8.95. The predicted molar refractivity (Wildman–Crippen MR) is 113 cm³/mol. The summed E-state index contributed by atoms with van der Waals surface area (Å²) in [4.78, 5) is 39.5. The minimum atomic E-state index is -0.257. The smallest absolute Gasteiger partial charge is 0.261 e. The Kier molecular flexibility index (Phi) is 6.14. The third kappa shape index (κ3) is 4.71. The van der Waals surface area contributed by atoms with E-state index in [0.717, 1.165) is 18.9 Å². The van der Waals surface area contributed by atoms with Gasteiger partial charge in [0.2, 0.25) is 5.91 Å². The van der Waals surface area contributed by atoms with Gasteiger partial charge in [0.15, 0.2) is 0 Å². The van der Waals surface area contributed by atoms with Crippen molar-refractivity contribution in [2.45, 2.75) is 6.54 Å². The molecule has 0 spiro atoms. The summed E-state index contributed by atoms with van der Waals surface area (Å²) in [7, 11) is 0. The van der Waals surface area contributed by atoms with Crippen LogP contribution < -0.4 is 21.1 Å². The number of benzene rings is 1. The third-order valence-corrected chi connectivity index (χ3v) is 4.79. The van der Waals surface area contributed by atoms with Crippen LogP contribution in [-0.4, -0.2) is 64.8 Å². The molecule has 4 rings (SSSR count). The average Bonchev–Trinajstić information content (AvgIpc) is 2.80. The molecule has 0 bridgehead atoms. The number of hydrogen-bond acceptors (Lipinski definition) is 8. The van der Waals surface area contributed by atoms with Gasteiger partial charge in [0, 0.05) is 32.2 Å². The number of nitrogens with one attached hydrogen (secondary N) is 2. The van der Waals surface area contributed by atoms with Gasteiger partial charge in [0.25, 0.3) is 5.56 Å². The number of carbonyl (C=O) groups is 1. The number of anilines is 2.